The summed E-state index contributed by atoms with van der Waals surface area (Å²) in [6.45, 7) is 6.02. The summed E-state index contributed by atoms with van der Waals surface area (Å²) in [4.78, 5) is 8.09. The predicted molar refractivity (Wildman–Crippen MR) is 53.3 cm³/mol. The molecular formula is C8H15N5. The summed E-state index contributed by atoms with van der Waals surface area (Å²) in [5, 5.41) is 3.20. The average molecular weight is 181 g/mol. The van der Waals surface area contributed by atoms with Crippen LogP contribution in [-0.4, -0.2) is 16.0 Å². The molecule has 0 saturated carbocycles. The summed E-state index contributed by atoms with van der Waals surface area (Å²) in [7, 11) is 0. The molecular weight excluding hydrogens is 166 g/mol. The number of hydrogen-bond donors (Lipinski definition) is 3. The summed E-state index contributed by atoms with van der Waals surface area (Å²) in [6, 6.07) is 0.347. The molecule has 0 aliphatic heterocycles. The first-order valence-corrected chi connectivity index (χ1v) is 4.20. The van der Waals surface area contributed by atoms with Crippen LogP contribution >= 0.6 is 0 Å². The van der Waals surface area contributed by atoms with Crippen molar-refractivity contribution < 1.29 is 0 Å². The molecule has 0 amide bonds. The molecule has 0 aliphatic rings. The van der Waals surface area contributed by atoms with Crippen LogP contribution in [0.5, 0.6) is 0 Å². The van der Waals surface area contributed by atoms with Gasteiger partial charge in [-0.3, -0.25) is 0 Å². The van der Waals surface area contributed by atoms with Crippen molar-refractivity contribution in [1.82, 2.24) is 9.97 Å². The maximum absolute atomic E-state index is 5.28. The van der Waals surface area contributed by atoms with Crippen LogP contribution in [0.15, 0.2) is 6.33 Å². The standard InChI is InChI=1S/C8H15N5/c1-5(2)12-7-6(3)8(13-9)11-4-10-7/h4-5H,9H2,1-3H3,(H2,10,11,12,13). The summed E-state index contributed by atoms with van der Waals surface area (Å²) >= 11 is 0. The third kappa shape index (κ3) is 2.29. The maximum atomic E-state index is 5.28. The number of nitrogens with one attached hydrogen (secondary N) is 2. The third-order valence-electron chi connectivity index (χ3n) is 1.65. The molecule has 0 spiro atoms. The van der Waals surface area contributed by atoms with Crippen LogP contribution in [0.3, 0.4) is 0 Å². The average Bonchev–Trinajstić information content (AvgIpc) is 2.08. The van der Waals surface area contributed by atoms with Crippen molar-refractivity contribution in [1.29, 1.82) is 0 Å². The Hall–Kier alpha value is -1.36. The van der Waals surface area contributed by atoms with Gasteiger partial charge in [-0.1, -0.05) is 0 Å². The van der Waals surface area contributed by atoms with Gasteiger partial charge in [0.1, 0.15) is 18.0 Å². The van der Waals surface area contributed by atoms with Gasteiger partial charge in [0, 0.05) is 11.6 Å². The Labute approximate surface area is 77.7 Å². The molecule has 0 radical (unpaired) electrons. The molecule has 0 aliphatic carbocycles. The Balaban J connectivity index is 2.94. The first-order valence-electron chi connectivity index (χ1n) is 4.20. The normalized spacial score (nSPS) is 10.2. The van der Waals surface area contributed by atoms with E-state index in [1.54, 1.807) is 0 Å². The fourth-order valence-corrected chi connectivity index (χ4v) is 1.01. The molecule has 0 bridgehead atoms. The quantitative estimate of drug-likeness (QED) is 0.477. The Bertz CT molecular complexity index is 284. The number of nitrogens with two attached hydrogens (primary N) is 1. The highest BCUT2D eigenvalue weighted by Gasteiger charge is 2.05. The predicted octanol–water partition coefficient (Wildman–Crippen LogP) is 0.891. The Morgan fingerprint density at radius 2 is 1.92 bits per heavy atom. The van der Waals surface area contributed by atoms with Crippen molar-refractivity contribution >= 4 is 11.6 Å². The topological polar surface area (TPSA) is 75.9 Å². The number of aromatic nitrogens is 2. The van der Waals surface area contributed by atoms with Gasteiger partial charge in [-0.25, -0.2) is 15.8 Å². The molecule has 4 N–H and O–H groups in total. The lowest BCUT2D eigenvalue weighted by Crippen LogP contribution is -2.15. The largest absolute Gasteiger partial charge is 0.368 e. The van der Waals surface area contributed by atoms with Crippen LogP contribution in [0.25, 0.3) is 0 Å². The van der Waals surface area contributed by atoms with Crippen LogP contribution < -0.4 is 16.6 Å². The van der Waals surface area contributed by atoms with Gasteiger partial charge >= 0.3 is 0 Å². The lowest BCUT2D eigenvalue weighted by atomic mass is 10.3. The number of anilines is 2. The van der Waals surface area contributed by atoms with Crippen molar-refractivity contribution in [2.75, 3.05) is 10.7 Å². The van der Waals surface area contributed by atoms with E-state index in [2.05, 4.69) is 34.6 Å². The molecule has 1 heterocycles. The van der Waals surface area contributed by atoms with Crippen LogP contribution in [0.2, 0.25) is 0 Å². The molecule has 1 aromatic rings. The lowest BCUT2D eigenvalue weighted by molar-refractivity contribution is 0.882. The van der Waals surface area contributed by atoms with Crippen LogP contribution in [0, 0.1) is 6.92 Å². The Morgan fingerprint density at radius 1 is 1.31 bits per heavy atom. The molecule has 0 atom stereocenters. The van der Waals surface area contributed by atoms with Gasteiger partial charge < -0.3 is 10.7 Å². The van der Waals surface area contributed by atoms with E-state index >= 15 is 0 Å². The molecule has 0 unspecified atom stereocenters. The summed E-state index contributed by atoms with van der Waals surface area (Å²) in [5.74, 6) is 6.75. The molecule has 13 heavy (non-hydrogen) atoms. The van der Waals surface area contributed by atoms with Crippen LogP contribution in [-0.2, 0) is 0 Å². The zero-order valence-electron chi connectivity index (χ0n) is 8.13. The van der Waals surface area contributed by atoms with Gasteiger partial charge in [0.05, 0.1) is 0 Å². The number of nitrogen functional groups attached to an aromatic ring is 1. The first kappa shape index (κ1) is 9.73. The Morgan fingerprint density at radius 3 is 2.46 bits per heavy atom. The second kappa shape index (κ2) is 4.04. The minimum atomic E-state index is 0.347. The maximum Gasteiger partial charge on any atom is 0.148 e. The molecule has 5 nitrogen and oxygen atoms in total. The van der Waals surface area contributed by atoms with Gasteiger partial charge in [-0.15, -0.1) is 0 Å². The summed E-state index contributed by atoms with van der Waals surface area (Å²) in [5.41, 5.74) is 3.45. The fourth-order valence-electron chi connectivity index (χ4n) is 1.01. The minimum absolute atomic E-state index is 0.347. The van der Waals surface area contributed by atoms with E-state index in [9.17, 15) is 0 Å². The summed E-state index contributed by atoms with van der Waals surface area (Å²) < 4.78 is 0. The molecule has 0 fully saturated rings. The monoisotopic (exact) mass is 181 g/mol. The smallest absolute Gasteiger partial charge is 0.148 e. The SMILES string of the molecule is Cc1c(NN)ncnc1NC(C)C. The second-order valence-electron chi connectivity index (χ2n) is 3.14. The molecule has 72 valence electrons. The number of nitrogens with zero attached hydrogens (tertiary/aromatic N) is 2. The van der Waals surface area contributed by atoms with Crippen molar-refractivity contribution in [2.45, 2.75) is 26.8 Å². The van der Waals surface area contributed by atoms with Crippen molar-refractivity contribution in [3.8, 4) is 0 Å². The van der Waals surface area contributed by atoms with E-state index in [-0.39, 0.29) is 0 Å². The number of hydrogen-bond acceptors (Lipinski definition) is 5. The molecule has 1 aromatic heterocycles. The van der Waals surface area contributed by atoms with E-state index in [1.165, 1.54) is 6.33 Å². The highest BCUT2D eigenvalue weighted by molar-refractivity contribution is 5.55. The van der Waals surface area contributed by atoms with Crippen molar-refractivity contribution in [3.63, 3.8) is 0 Å². The van der Waals surface area contributed by atoms with Gasteiger partial charge in [-0.2, -0.15) is 0 Å². The number of rotatable bonds is 3. The zero-order valence-corrected chi connectivity index (χ0v) is 8.13. The third-order valence-corrected chi connectivity index (χ3v) is 1.65. The van der Waals surface area contributed by atoms with E-state index < -0.39 is 0 Å². The van der Waals surface area contributed by atoms with E-state index in [0.29, 0.717) is 11.9 Å². The molecule has 0 aromatic carbocycles. The van der Waals surface area contributed by atoms with E-state index in [1.807, 2.05) is 6.92 Å². The van der Waals surface area contributed by atoms with Crippen molar-refractivity contribution in [3.05, 3.63) is 11.9 Å². The highest BCUT2D eigenvalue weighted by Crippen LogP contribution is 2.17. The van der Waals surface area contributed by atoms with Crippen molar-refractivity contribution in [2.24, 2.45) is 5.84 Å². The van der Waals surface area contributed by atoms with Gasteiger partial charge in [0.2, 0.25) is 0 Å². The number of hydrazine groups is 1. The fraction of sp³-hybridized carbons (Fsp3) is 0.500. The summed E-state index contributed by atoms with van der Waals surface area (Å²) in [6.07, 6.45) is 1.48. The zero-order chi connectivity index (χ0) is 9.84. The minimum Gasteiger partial charge on any atom is -0.368 e. The lowest BCUT2D eigenvalue weighted by Gasteiger charge is -2.12. The molecule has 1 rings (SSSR count). The van der Waals surface area contributed by atoms with Gasteiger partial charge in [0.15, 0.2) is 0 Å². The van der Waals surface area contributed by atoms with E-state index in [4.69, 9.17) is 5.84 Å². The van der Waals surface area contributed by atoms with E-state index in [0.717, 1.165) is 11.4 Å². The molecule has 5 heteroatoms. The Kier molecular flexibility index (Phi) is 3.02. The first-order chi connectivity index (χ1) is 6.15. The van der Waals surface area contributed by atoms with Crippen LogP contribution in [0.4, 0.5) is 11.6 Å². The van der Waals surface area contributed by atoms with Crippen LogP contribution in [0.1, 0.15) is 19.4 Å². The highest BCUT2D eigenvalue weighted by atomic mass is 15.3. The molecule has 0 saturated heterocycles. The second-order valence-corrected chi connectivity index (χ2v) is 3.14. The van der Waals surface area contributed by atoms with Gasteiger partial charge in [0.25, 0.3) is 0 Å². The van der Waals surface area contributed by atoms with Gasteiger partial charge in [-0.05, 0) is 20.8 Å².